The molecule has 0 unspecified atom stereocenters. The van der Waals surface area contributed by atoms with Crippen LogP contribution in [-0.2, 0) is 4.74 Å². The summed E-state index contributed by atoms with van der Waals surface area (Å²) in [5.41, 5.74) is 1.85. The highest BCUT2D eigenvalue weighted by Gasteiger charge is 2.66. The predicted molar refractivity (Wildman–Crippen MR) is 109 cm³/mol. The molecule has 0 saturated carbocycles. The van der Waals surface area contributed by atoms with Crippen LogP contribution in [0, 0.1) is 18.9 Å². The first kappa shape index (κ1) is 21.3. The molecular formula is C20H23N5O6. The number of hydrogen-bond donors (Lipinski definition) is 6. The summed E-state index contributed by atoms with van der Waals surface area (Å²) >= 11 is 0. The lowest BCUT2D eigenvalue weighted by atomic mass is 9.94. The molecule has 4 rings (SSSR count). The third kappa shape index (κ3) is 3.26. The maximum absolute atomic E-state index is 11.3. The minimum atomic E-state index is -2.45. The van der Waals surface area contributed by atoms with Crippen molar-refractivity contribution in [3.8, 4) is 12.0 Å². The Hall–Kier alpha value is -2.98. The van der Waals surface area contributed by atoms with Gasteiger partial charge in [0, 0.05) is 11.6 Å². The van der Waals surface area contributed by atoms with E-state index in [4.69, 9.17) is 4.74 Å². The van der Waals surface area contributed by atoms with Gasteiger partial charge in [0.1, 0.15) is 30.9 Å². The summed E-state index contributed by atoms with van der Waals surface area (Å²) in [4.78, 5) is 10.8. The van der Waals surface area contributed by atoms with Crippen LogP contribution < -0.4 is 15.3 Å². The van der Waals surface area contributed by atoms with Crippen molar-refractivity contribution >= 4 is 17.3 Å². The van der Waals surface area contributed by atoms with Crippen LogP contribution in [0.15, 0.2) is 30.6 Å². The molecule has 2 aromatic rings. The number of aromatic nitrogens is 2. The number of benzene rings is 1. The Balaban J connectivity index is 1.77. The number of fused-ring (bicyclic) bond motifs is 1. The maximum atomic E-state index is 11.3. The van der Waals surface area contributed by atoms with Crippen LogP contribution in [0.5, 0.6) is 0 Å². The smallest absolute Gasteiger partial charge is 0.285 e. The molecule has 0 bridgehead atoms. The summed E-state index contributed by atoms with van der Waals surface area (Å²) in [7, 11) is 0. The van der Waals surface area contributed by atoms with Crippen molar-refractivity contribution in [2.24, 2.45) is 0 Å². The fourth-order valence-electron chi connectivity index (χ4n) is 3.70. The van der Waals surface area contributed by atoms with E-state index < -0.39 is 30.3 Å². The zero-order valence-electron chi connectivity index (χ0n) is 16.9. The van der Waals surface area contributed by atoms with E-state index in [2.05, 4.69) is 21.9 Å². The lowest BCUT2D eigenvalue weighted by Crippen LogP contribution is -2.64. The fraction of sp³-hybridized carbons (Fsp3) is 0.400. The highest BCUT2D eigenvalue weighted by Crippen LogP contribution is 2.48. The van der Waals surface area contributed by atoms with Crippen LogP contribution >= 0.6 is 0 Å². The van der Waals surface area contributed by atoms with Crippen molar-refractivity contribution < 1.29 is 30.4 Å². The second kappa shape index (κ2) is 7.61. The number of nitrogens with zero attached hydrogens (tertiary/aromatic N) is 4. The Morgan fingerprint density at radius 2 is 1.97 bits per heavy atom. The van der Waals surface area contributed by atoms with Crippen molar-refractivity contribution in [3.05, 3.63) is 41.7 Å². The molecular weight excluding hydrogens is 406 g/mol. The van der Waals surface area contributed by atoms with Gasteiger partial charge in [-0.05, 0) is 31.9 Å². The molecule has 6 N–H and O–H groups in total. The predicted octanol–water partition coefficient (Wildman–Crippen LogP) is -0.672. The monoisotopic (exact) mass is 429 g/mol. The molecule has 4 atom stereocenters. The lowest BCUT2D eigenvalue weighted by Gasteiger charge is -2.41. The summed E-state index contributed by atoms with van der Waals surface area (Å²) in [6.45, 7) is 2.40. The highest BCUT2D eigenvalue weighted by molar-refractivity contribution is 5.84. The van der Waals surface area contributed by atoms with Crippen LogP contribution in [0.25, 0.3) is 0 Å². The Kier molecular flexibility index (Phi) is 5.22. The molecule has 0 spiro atoms. The molecule has 1 aromatic heterocycles. The molecule has 0 amide bonds. The number of nitrogens with one attached hydrogen (secondary N) is 1. The Morgan fingerprint density at radius 1 is 1.26 bits per heavy atom. The second-order valence-electron chi connectivity index (χ2n) is 7.65. The van der Waals surface area contributed by atoms with Crippen molar-refractivity contribution in [2.75, 3.05) is 28.6 Å². The molecule has 2 aliphatic rings. The zero-order chi connectivity index (χ0) is 22.4. The van der Waals surface area contributed by atoms with Crippen molar-refractivity contribution in [1.29, 1.82) is 0 Å². The van der Waals surface area contributed by atoms with Gasteiger partial charge in [0.15, 0.2) is 17.2 Å². The van der Waals surface area contributed by atoms with Gasteiger partial charge in [-0.2, -0.15) is 0 Å². The standard InChI is InChI=1S/C20H23N5O6/c1-12-3-5-13(6-4-12)7-8-24-11-25(18-15(24)17(23-30)21-10-22-18)20(29)19(2,28)16(27)14(9-26)31-20/h3-6,10,14,16,26-30H,9,11H2,1-2H3,(H,21,22,23)/t14-,16-,19-,20-/m1/s1. The van der Waals surface area contributed by atoms with Gasteiger partial charge in [-0.1, -0.05) is 17.7 Å². The molecule has 0 aliphatic carbocycles. The maximum Gasteiger partial charge on any atom is 0.285 e. The van der Waals surface area contributed by atoms with Gasteiger partial charge in [0.25, 0.3) is 5.91 Å². The van der Waals surface area contributed by atoms with Crippen LogP contribution in [0.4, 0.5) is 17.3 Å². The largest absolute Gasteiger partial charge is 0.394 e. The lowest BCUT2D eigenvalue weighted by molar-refractivity contribution is -0.262. The first-order valence-corrected chi connectivity index (χ1v) is 9.53. The van der Waals surface area contributed by atoms with Gasteiger partial charge in [0.2, 0.25) is 0 Å². The van der Waals surface area contributed by atoms with Crippen LogP contribution in [0.3, 0.4) is 0 Å². The third-order valence-corrected chi connectivity index (χ3v) is 5.55. The quantitative estimate of drug-likeness (QED) is 0.272. The summed E-state index contributed by atoms with van der Waals surface area (Å²) in [5.74, 6) is 0.656. The summed E-state index contributed by atoms with van der Waals surface area (Å²) < 4.78 is 5.48. The topological polar surface area (TPSA) is 155 Å². The number of aliphatic hydroxyl groups is 4. The van der Waals surface area contributed by atoms with E-state index in [-0.39, 0.29) is 24.0 Å². The minimum absolute atomic E-state index is 0.0196. The van der Waals surface area contributed by atoms with Crippen molar-refractivity contribution in [2.45, 2.75) is 37.6 Å². The molecule has 1 saturated heterocycles. The van der Waals surface area contributed by atoms with E-state index in [1.807, 2.05) is 36.7 Å². The van der Waals surface area contributed by atoms with Gasteiger partial charge in [-0.3, -0.25) is 20.5 Å². The van der Waals surface area contributed by atoms with E-state index in [0.29, 0.717) is 0 Å². The molecule has 3 heterocycles. The first-order valence-electron chi connectivity index (χ1n) is 9.53. The van der Waals surface area contributed by atoms with E-state index in [1.165, 1.54) is 16.7 Å². The zero-order valence-corrected chi connectivity index (χ0v) is 16.9. The van der Waals surface area contributed by atoms with E-state index >= 15 is 0 Å². The SMILES string of the molecule is Cc1ccc(C#CN2CN([C@]3(O)O[C@H](CO)[C@@H](O)[C@@]3(C)O)c3ncnc(NO)c32)cc1. The average molecular weight is 429 g/mol. The second-order valence-corrected chi connectivity index (χ2v) is 7.65. The molecule has 31 heavy (non-hydrogen) atoms. The minimum Gasteiger partial charge on any atom is -0.394 e. The first-order chi connectivity index (χ1) is 14.7. The van der Waals surface area contributed by atoms with Gasteiger partial charge >= 0.3 is 0 Å². The number of ether oxygens (including phenoxy) is 1. The van der Waals surface area contributed by atoms with Gasteiger partial charge < -0.3 is 25.2 Å². The van der Waals surface area contributed by atoms with E-state index in [0.717, 1.165) is 17.5 Å². The molecule has 164 valence electrons. The summed E-state index contributed by atoms with van der Waals surface area (Å²) in [6.07, 6.45) is -1.65. The number of aliphatic hydroxyl groups excluding tert-OH is 2. The summed E-state index contributed by atoms with van der Waals surface area (Å²) in [5, 5.41) is 51.5. The average Bonchev–Trinajstić information content (AvgIpc) is 3.23. The number of hydrogen-bond acceptors (Lipinski definition) is 11. The number of rotatable bonds is 3. The number of anilines is 3. The van der Waals surface area contributed by atoms with Gasteiger partial charge in [0.05, 0.1) is 6.61 Å². The fourth-order valence-corrected chi connectivity index (χ4v) is 3.70. The van der Waals surface area contributed by atoms with Gasteiger partial charge in [-0.15, -0.1) is 0 Å². The third-order valence-electron chi connectivity index (χ3n) is 5.55. The Labute approximate surface area is 178 Å². The summed E-state index contributed by atoms with van der Waals surface area (Å²) in [6, 6.07) is 10.5. The number of aryl methyl sites for hydroxylation is 1. The molecule has 2 aliphatic heterocycles. The van der Waals surface area contributed by atoms with Gasteiger partial charge in [-0.25, -0.2) is 9.97 Å². The molecule has 0 radical (unpaired) electrons. The van der Waals surface area contributed by atoms with Crippen LogP contribution in [0.2, 0.25) is 0 Å². The molecule has 11 nitrogen and oxygen atoms in total. The van der Waals surface area contributed by atoms with E-state index in [1.54, 1.807) is 0 Å². The van der Waals surface area contributed by atoms with E-state index in [9.17, 15) is 25.6 Å². The van der Waals surface area contributed by atoms with Crippen molar-refractivity contribution in [3.63, 3.8) is 0 Å². The van der Waals surface area contributed by atoms with Crippen LogP contribution in [-0.4, -0.2) is 72.6 Å². The Morgan fingerprint density at radius 3 is 2.58 bits per heavy atom. The highest BCUT2D eigenvalue weighted by atomic mass is 16.7. The Bertz CT molecular complexity index is 1040. The molecule has 1 fully saturated rings. The molecule has 11 heteroatoms. The normalized spacial score (nSPS) is 29.5. The molecule has 1 aromatic carbocycles. The van der Waals surface area contributed by atoms with Crippen LogP contribution in [0.1, 0.15) is 18.1 Å². The van der Waals surface area contributed by atoms with Crippen molar-refractivity contribution in [1.82, 2.24) is 9.97 Å².